The quantitative estimate of drug-likeness (QED) is 0.578. The summed E-state index contributed by atoms with van der Waals surface area (Å²) in [5.74, 6) is 0.456. The van der Waals surface area contributed by atoms with E-state index in [9.17, 15) is 0 Å². The van der Waals surface area contributed by atoms with Crippen molar-refractivity contribution in [1.82, 2.24) is 20.2 Å². The Labute approximate surface area is 134 Å². The van der Waals surface area contributed by atoms with Crippen LogP contribution in [0.4, 0.5) is 11.6 Å². The molecule has 1 aromatic heterocycles. The highest BCUT2D eigenvalue weighted by Crippen LogP contribution is 2.12. The molecule has 0 saturated carbocycles. The van der Waals surface area contributed by atoms with Gasteiger partial charge in [-0.25, -0.2) is 5.43 Å². The van der Waals surface area contributed by atoms with Crippen LogP contribution >= 0.6 is 0 Å². The van der Waals surface area contributed by atoms with Crippen LogP contribution in [0.5, 0.6) is 0 Å². The minimum absolute atomic E-state index is 0.456. The standard InChI is InChI=1S/C16H17N7/c1-22(2)14-10-8-13(9-11-14)12-17-18-16-19-20-21-23(16)15-6-4-3-5-7-15/h3-12H,1-2H3,(H,18,19,21)/b17-12-. The lowest BCUT2D eigenvalue weighted by molar-refractivity contribution is 0.790. The van der Waals surface area contributed by atoms with Gasteiger partial charge in [0, 0.05) is 19.8 Å². The largest absolute Gasteiger partial charge is 0.378 e. The van der Waals surface area contributed by atoms with E-state index in [0.29, 0.717) is 5.95 Å². The molecule has 1 N–H and O–H groups in total. The van der Waals surface area contributed by atoms with Gasteiger partial charge in [-0.05, 0) is 40.3 Å². The van der Waals surface area contributed by atoms with Crippen LogP contribution in [0.25, 0.3) is 5.69 Å². The molecular formula is C16H17N7. The molecule has 0 aliphatic rings. The Morgan fingerprint density at radius 3 is 2.48 bits per heavy atom. The summed E-state index contributed by atoms with van der Waals surface area (Å²) >= 11 is 0. The smallest absolute Gasteiger partial charge is 0.268 e. The number of benzene rings is 2. The summed E-state index contributed by atoms with van der Waals surface area (Å²) in [7, 11) is 4.02. The zero-order valence-corrected chi connectivity index (χ0v) is 13.0. The van der Waals surface area contributed by atoms with Gasteiger partial charge in [0.25, 0.3) is 5.95 Å². The molecule has 0 atom stereocenters. The van der Waals surface area contributed by atoms with Crippen molar-refractivity contribution in [1.29, 1.82) is 0 Å². The molecule has 3 aromatic rings. The van der Waals surface area contributed by atoms with Crippen molar-refractivity contribution in [2.24, 2.45) is 5.10 Å². The first-order chi connectivity index (χ1) is 11.2. The maximum atomic E-state index is 4.19. The van der Waals surface area contributed by atoms with Gasteiger partial charge < -0.3 is 4.90 Å². The van der Waals surface area contributed by atoms with Gasteiger partial charge in [-0.15, -0.1) is 0 Å². The van der Waals surface area contributed by atoms with E-state index in [4.69, 9.17) is 0 Å². The van der Waals surface area contributed by atoms with Crippen LogP contribution in [-0.2, 0) is 0 Å². The highest BCUT2D eigenvalue weighted by atomic mass is 15.6. The van der Waals surface area contributed by atoms with E-state index in [0.717, 1.165) is 16.9 Å². The number of hydrogen-bond donors (Lipinski definition) is 1. The summed E-state index contributed by atoms with van der Waals surface area (Å²) < 4.78 is 1.59. The van der Waals surface area contributed by atoms with Gasteiger partial charge in [0.2, 0.25) is 0 Å². The third kappa shape index (κ3) is 3.52. The maximum Gasteiger partial charge on any atom is 0.268 e. The molecule has 3 rings (SSSR count). The molecule has 23 heavy (non-hydrogen) atoms. The summed E-state index contributed by atoms with van der Waals surface area (Å²) in [4.78, 5) is 2.05. The zero-order chi connectivity index (χ0) is 16.1. The zero-order valence-electron chi connectivity index (χ0n) is 13.0. The van der Waals surface area contributed by atoms with Crippen molar-refractivity contribution >= 4 is 17.9 Å². The molecule has 0 fully saturated rings. The molecule has 116 valence electrons. The fourth-order valence-electron chi connectivity index (χ4n) is 2.02. The first kappa shape index (κ1) is 14.7. The van der Waals surface area contributed by atoms with Crippen LogP contribution < -0.4 is 10.3 Å². The van der Waals surface area contributed by atoms with Gasteiger partial charge in [0.15, 0.2) is 0 Å². The number of nitrogens with one attached hydrogen (secondary N) is 1. The number of para-hydroxylation sites is 1. The average Bonchev–Trinajstić information content (AvgIpc) is 3.05. The van der Waals surface area contributed by atoms with E-state index in [1.807, 2.05) is 73.6 Å². The molecule has 0 radical (unpaired) electrons. The first-order valence-electron chi connectivity index (χ1n) is 7.14. The Hall–Kier alpha value is -3.22. The first-order valence-corrected chi connectivity index (χ1v) is 7.14. The predicted molar refractivity (Wildman–Crippen MR) is 91.1 cm³/mol. The van der Waals surface area contributed by atoms with Crippen LogP contribution in [0.3, 0.4) is 0 Å². The Bertz CT molecular complexity index is 776. The second-order valence-corrected chi connectivity index (χ2v) is 5.11. The summed E-state index contributed by atoms with van der Waals surface area (Å²) in [6.45, 7) is 0. The van der Waals surface area contributed by atoms with Gasteiger partial charge in [0.1, 0.15) is 0 Å². The molecule has 2 aromatic carbocycles. The van der Waals surface area contributed by atoms with Crippen LogP contribution in [0.15, 0.2) is 59.7 Å². The topological polar surface area (TPSA) is 71.2 Å². The minimum atomic E-state index is 0.456. The van der Waals surface area contributed by atoms with E-state index < -0.39 is 0 Å². The molecule has 0 aliphatic carbocycles. The molecule has 7 nitrogen and oxygen atoms in total. The normalized spacial score (nSPS) is 10.9. The van der Waals surface area contributed by atoms with Gasteiger partial charge >= 0.3 is 0 Å². The third-order valence-corrected chi connectivity index (χ3v) is 3.26. The van der Waals surface area contributed by atoms with Crippen molar-refractivity contribution in [2.75, 3.05) is 24.4 Å². The van der Waals surface area contributed by atoms with Crippen LogP contribution in [0, 0.1) is 0 Å². The molecule has 1 heterocycles. The molecule has 0 saturated heterocycles. The lowest BCUT2D eigenvalue weighted by Crippen LogP contribution is -2.08. The summed E-state index contributed by atoms with van der Waals surface area (Å²) in [6.07, 6.45) is 1.73. The van der Waals surface area contributed by atoms with Crippen LogP contribution in [0.2, 0.25) is 0 Å². The number of aromatic nitrogens is 4. The highest BCUT2D eigenvalue weighted by molar-refractivity contribution is 5.80. The van der Waals surface area contributed by atoms with E-state index >= 15 is 0 Å². The summed E-state index contributed by atoms with van der Waals surface area (Å²) in [6, 6.07) is 17.7. The fourth-order valence-corrected chi connectivity index (χ4v) is 2.02. The fraction of sp³-hybridized carbons (Fsp3) is 0.125. The van der Waals surface area contributed by atoms with Gasteiger partial charge in [-0.1, -0.05) is 35.4 Å². The van der Waals surface area contributed by atoms with E-state index in [1.54, 1.807) is 10.9 Å². The Morgan fingerprint density at radius 2 is 1.78 bits per heavy atom. The third-order valence-electron chi connectivity index (χ3n) is 3.26. The number of tetrazole rings is 1. The second-order valence-electron chi connectivity index (χ2n) is 5.11. The molecule has 0 unspecified atom stereocenters. The second kappa shape index (κ2) is 6.69. The monoisotopic (exact) mass is 307 g/mol. The highest BCUT2D eigenvalue weighted by Gasteiger charge is 2.05. The van der Waals surface area contributed by atoms with Crippen molar-refractivity contribution in [3.63, 3.8) is 0 Å². The molecule has 7 heteroatoms. The lowest BCUT2D eigenvalue weighted by atomic mass is 10.2. The SMILES string of the molecule is CN(C)c1ccc(/C=N\Nc2nnnn2-c2ccccc2)cc1. The Morgan fingerprint density at radius 1 is 1.04 bits per heavy atom. The van der Waals surface area contributed by atoms with Crippen molar-refractivity contribution in [3.05, 3.63) is 60.2 Å². The summed E-state index contributed by atoms with van der Waals surface area (Å²) in [5.41, 5.74) is 5.86. The average molecular weight is 307 g/mol. The number of hydrogen-bond acceptors (Lipinski definition) is 6. The van der Waals surface area contributed by atoms with E-state index in [2.05, 4.69) is 26.1 Å². The lowest BCUT2D eigenvalue weighted by Gasteiger charge is -2.11. The van der Waals surface area contributed by atoms with Crippen molar-refractivity contribution in [2.45, 2.75) is 0 Å². The number of hydrazone groups is 1. The van der Waals surface area contributed by atoms with E-state index in [1.165, 1.54) is 0 Å². The Kier molecular flexibility index (Phi) is 4.28. The molecule has 0 amide bonds. The number of nitrogens with zero attached hydrogens (tertiary/aromatic N) is 6. The summed E-state index contributed by atoms with van der Waals surface area (Å²) in [5, 5.41) is 15.8. The van der Waals surface area contributed by atoms with Crippen LogP contribution in [0.1, 0.15) is 5.56 Å². The Balaban J connectivity index is 1.70. The maximum absolute atomic E-state index is 4.19. The molecule has 0 bridgehead atoms. The van der Waals surface area contributed by atoms with Crippen molar-refractivity contribution in [3.8, 4) is 5.69 Å². The number of anilines is 2. The molecular weight excluding hydrogens is 290 g/mol. The predicted octanol–water partition coefficient (Wildman–Crippen LogP) is 2.17. The molecule has 0 spiro atoms. The van der Waals surface area contributed by atoms with Gasteiger partial charge in [-0.2, -0.15) is 9.78 Å². The van der Waals surface area contributed by atoms with Crippen LogP contribution in [-0.4, -0.2) is 40.5 Å². The van der Waals surface area contributed by atoms with Gasteiger partial charge in [-0.3, -0.25) is 0 Å². The minimum Gasteiger partial charge on any atom is -0.378 e. The molecule has 0 aliphatic heterocycles. The van der Waals surface area contributed by atoms with E-state index in [-0.39, 0.29) is 0 Å². The number of rotatable bonds is 5. The van der Waals surface area contributed by atoms with Crippen molar-refractivity contribution < 1.29 is 0 Å². The van der Waals surface area contributed by atoms with Gasteiger partial charge in [0.05, 0.1) is 11.9 Å².